The molecule has 0 aromatic carbocycles. The summed E-state index contributed by atoms with van der Waals surface area (Å²) >= 11 is 0. The molecular formula is C63H104N18O28. The van der Waals surface area contributed by atoms with Crippen LogP contribution in [0.1, 0.15) is 111 Å². The monoisotopic (exact) mass is 1560 g/mol. The summed E-state index contributed by atoms with van der Waals surface area (Å²) in [4.78, 5) is 164. The van der Waals surface area contributed by atoms with Crippen LogP contribution in [0.25, 0.3) is 0 Å². The van der Waals surface area contributed by atoms with Crippen LogP contribution < -0.4 is 82.3 Å². The lowest BCUT2D eigenvalue weighted by atomic mass is 9.92. The lowest BCUT2D eigenvalue weighted by Gasteiger charge is -2.39. The Labute approximate surface area is 624 Å². The van der Waals surface area contributed by atoms with Crippen LogP contribution in [0.15, 0.2) is 50.5 Å². The Kier molecular flexibility index (Phi) is 39.9. The second-order valence-corrected chi connectivity index (χ2v) is 25.3. The van der Waals surface area contributed by atoms with E-state index in [0.717, 1.165) is 39.0 Å². The van der Waals surface area contributed by atoms with Crippen molar-refractivity contribution >= 4 is 89.5 Å². The average Bonchev–Trinajstić information content (AvgIpc) is 0.804. The fraction of sp³-hybridized carbons (Fsp3) is 0.667. The highest BCUT2D eigenvalue weighted by Crippen LogP contribution is 2.30. The van der Waals surface area contributed by atoms with Crippen molar-refractivity contribution in [2.24, 2.45) is 49.4 Å². The molecule has 0 aromatic rings. The smallest absolute Gasteiger partial charge is 0.407 e. The maximum absolute atomic E-state index is 13.8. The van der Waals surface area contributed by atoms with Crippen LogP contribution >= 0.6 is 0 Å². The van der Waals surface area contributed by atoms with Gasteiger partial charge in [-0.25, -0.2) is 43.7 Å². The average molecular weight is 1560 g/mol. The molecule has 0 saturated heterocycles. The molecule has 614 valence electrons. The first-order valence-corrected chi connectivity index (χ1v) is 34.6. The Balaban J connectivity index is 1.61. The van der Waals surface area contributed by atoms with Crippen LogP contribution in [-0.2, 0) is 71.6 Å². The van der Waals surface area contributed by atoms with E-state index in [1.54, 1.807) is 0 Å². The number of ether oxygens (including phenoxy) is 6. The van der Waals surface area contributed by atoms with Crippen LogP contribution in [0.4, 0.5) is 14.4 Å². The molecule has 0 aliphatic carbocycles. The number of hydrogen-bond acceptors (Lipinski definition) is 28. The van der Waals surface area contributed by atoms with Gasteiger partial charge in [-0.3, -0.25) is 28.8 Å². The van der Waals surface area contributed by atoms with Gasteiger partial charge in [0.1, 0.15) is 18.3 Å². The van der Waals surface area contributed by atoms with Crippen LogP contribution in [0, 0.1) is 0 Å². The molecule has 0 spiro atoms. The van der Waals surface area contributed by atoms with Crippen molar-refractivity contribution in [1.29, 1.82) is 0 Å². The van der Waals surface area contributed by atoms with Gasteiger partial charge in [0.15, 0.2) is 60.1 Å². The first-order chi connectivity index (χ1) is 51.4. The number of amides is 9. The first kappa shape index (κ1) is 92.4. The van der Waals surface area contributed by atoms with E-state index in [2.05, 4.69) is 62.8 Å². The number of carbonyl (C=O) groups excluding carboxylic acids is 9. The number of nitrogens with two attached hydrogens (primary N) is 6. The number of nitrogens with one attached hydrogen (secondary N) is 9. The lowest BCUT2D eigenvalue weighted by Crippen LogP contribution is -2.61. The second-order valence-electron chi connectivity index (χ2n) is 25.3. The number of carboxylic acids is 3. The van der Waals surface area contributed by atoms with Crippen LogP contribution in [0.3, 0.4) is 0 Å². The van der Waals surface area contributed by atoms with Gasteiger partial charge < -0.3 is 162 Å². The highest BCUT2D eigenvalue weighted by Gasteiger charge is 2.50. The molecule has 0 fully saturated rings. The van der Waals surface area contributed by atoms with E-state index >= 15 is 0 Å². The number of aliphatic hydroxyl groups is 7. The summed E-state index contributed by atoms with van der Waals surface area (Å²) < 4.78 is 32.8. The Morgan fingerprint density at radius 1 is 0.413 bits per heavy atom. The van der Waals surface area contributed by atoms with Gasteiger partial charge in [0.25, 0.3) is 5.91 Å². The van der Waals surface area contributed by atoms with Gasteiger partial charge in [-0.15, -0.1) is 0 Å². The lowest BCUT2D eigenvalue weighted by molar-refractivity contribution is -0.149. The van der Waals surface area contributed by atoms with Gasteiger partial charge in [-0.2, -0.15) is 0 Å². The van der Waals surface area contributed by atoms with Gasteiger partial charge >= 0.3 is 36.2 Å². The third-order valence-corrected chi connectivity index (χ3v) is 16.3. The van der Waals surface area contributed by atoms with Gasteiger partial charge in [0.2, 0.25) is 46.8 Å². The molecule has 0 radical (unpaired) electrons. The molecular weight excluding hydrogens is 1460 g/mol. The molecule has 0 saturated carbocycles. The molecule has 3 heterocycles. The highest BCUT2D eigenvalue weighted by atomic mass is 16.6. The van der Waals surface area contributed by atoms with E-state index in [-0.39, 0.29) is 45.7 Å². The summed E-state index contributed by atoms with van der Waals surface area (Å²) in [7, 11) is 0. The number of rotatable bonds is 47. The molecule has 3 aliphatic heterocycles. The molecule has 0 bridgehead atoms. The Morgan fingerprint density at radius 2 is 0.651 bits per heavy atom. The minimum Gasteiger partial charge on any atom is -0.477 e. The summed E-state index contributed by atoms with van der Waals surface area (Å²) in [6.45, 7) is 0.232. The predicted octanol–water partition coefficient (Wildman–Crippen LogP) is -8.59. The standard InChI is InChI=1S/C63H104N18O28/c1-30(85)76-44-33(79-57(64)65)22-39(53(93)94)104-50(44)47(36(88)27-82)107-60(100)73-19-13-7-4-10-16-70-42(91)25-63(103,56(99)72-18-12-6-9-15-21-75-62(102)109-49(38(90)29-84)52-46(78-32(3)87)35(81-59(68)69)24-41(106-52)55(97)98)26-43(92)71-17-11-5-8-14-20-74-61(101)108-48(37(89)28-83)51-45(77-31(2)86)34(80-58(66)67)23-40(105-51)54(95)96/h22-24,33-38,44-52,82-84,88-90,103H,4-21,25-29H2,1-3H3,(H,70,91)(H,71,92)(H,72,99)(H,73,100)(H,74,101)(H,75,102)(H,76,85)(H,77,86)(H,78,87)(H,93,94)(H,95,96)(H,97,98)(H4,64,65,79)(H4,66,67,80)(H4,68,69,81)/t33-,34-,35-,36+,37+,38+,44+,45+,46+,47+,48+,49+,50+,51+,52+/m0/s1. The summed E-state index contributed by atoms with van der Waals surface area (Å²) in [5.74, 6) is -13.2. The second kappa shape index (κ2) is 47.1. The number of guanidine groups is 3. The first-order valence-electron chi connectivity index (χ1n) is 34.6. The molecule has 31 N–H and O–H groups in total. The van der Waals surface area contributed by atoms with Gasteiger partial charge in [0, 0.05) is 60.0 Å². The number of carboxylic acid groups (broad SMARTS) is 3. The van der Waals surface area contributed by atoms with Crippen molar-refractivity contribution in [2.75, 3.05) is 59.1 Å². The predicted molar refractivity (Wildman–Crippen MR) is 376 cm³/mol. The zero-order valence-electron chi connectivity index (χ0n) is 60.3. The van der Waals surface area contributed by atoms with Gasteiger partial charge in [-0.05, 0) is 56.8 Å². The zero-order chi connectivity index (χ0) is 81.7. The number of aliphatic hydroxyl groups excluding tert-OH is 6. The molecule has 46 heteroatoms. The van der Waals surface area contributed by atoms with Crippen LogP contribution in [-0.4, -0.2) is 296 Å². The van der Waals surface area contributed by atoms with E-state index in [1.165, 1.54) is 0 Å². The molecule has 15 atom stereocenters. The number of aliphatic imine (C=N–C) groups is 3. The molecule has 46 nitrogen and oxygen atoms in total. The molecule has 3 aliphatic rings. The van der Waals surface area contributed by atoms with Crippen molar-refractivity contribution < 1.29 is 137 Å². The van der Waals surface area contributed by atoms with Gasteiger partial charge in [-0.1, -0.05) is 38.5 Å². The SMILES string of the molecule is CC(=O)N[C@H]1[C@H]([C@H](OC(=O)NCCCCCCNC(=O)CC(O)(CC(=O)NCCCCCCNC(=O)O[C@@H]([C@@H]2OC(C(=O)O)=C[C@H](N=C(N)N)[C@H]2NC(C)=O)[C@H](O)CO)C(=O)NCCCCCCNC(=O)O[C@@H]([C@@H]2OC(C(=O)O)=C[C@H](N=C(N)N)[C@H]2NC(C)=O)[C@H](O)CO)[C@H](O)CO)OC(C(=O)O)=C[C@@H]1N=C(N)N. The number of unbranched alkanes of at least 4 members (excludes halogenated alkanes) is 9. The number of carbonyl (C=O) groups is 12. The van der Waals surface area contributed by atoms with E-state index in [9.17, 15) is 109 Å². The minimum atomic E-state index is -2.60. The maximum atomic E-state index is 13.8. The fourth-order valence-corrected chi connectivity index (χ4v) is 11.4. The molecule has 3 rings (SSSR count). The van der Waals surface area contributed by atoms with Crippen LogP contribution in [0.2, 0.25) is 0 Å². The molecule has 0 unspecified atom stereocenters. The topological polar surface area (TPSA) is 764 Å². The van der Waals surface area contributed by atoms with Crippen molar-refractivity contribution in [2.45, 2.75) is 207 Å². The molecule has 0 aromatic heterocycles. The van der Waals surface area contributed by atoms with Crippen molar-refractivity contribution in [3.63, 3.8) is 0 Å². The van der Waals surface area contributed by atoms with Gasteiger partial charge in [0.05, 0.1) is 68.9 Å². The summed E-state index contributed by atoms with van der Waals surface area (Å²) in [5.41, 5.74) is 30.6. The van der Waals surface area contributed by atoms with E-state index in [0.29, 0.717) is 70.6 Å². The third-order valence-electron chi connectivity index (χ3n) is 16.3. The summed E-state index contributed by atoms with van der Waals surface area (Å²) in [5, 5.41) is 125. The quantitative estimate of drug-likeness (QED) is 0.0116. The third kappa shape index (κ3) is 32.7. The molecule has 109 heavy (non-hydrogen) atoms. The number of nitrogens with zero attached hydrogens (tertiary/aromatic N) is 3. The normalized spacial score (nSPS) is 21.4. The van der Waals surface area contributed by atoms with Crippen molar-refractivity contribution in [3.8, 4) is 0 Å². The largest absolute Gasteiger partial charge is 0.477 e. The molecule has 9 amide bonds. The Hall–Kier alpha value is -10.8. The highest BCUT2D eigenvalue weighted by molar-refractivity contribution is 5.95. The van der Waals surface area contributed by atoms with E-state index in [4.69, 9.17) is 62.8 Å². The van der Waals surface area contributed by atoms with E-state index in [1.807, 2.05) is 0 Å². The number of alkyl carbamates (subject to hydrolysis) is 3. The Bertz CT molecular complexity index is 3140. The number of aliphatic carboxylic acids is 3. The number of hydrogen-bond donors (Lipinski definition) is 25. The summed E-state index contributed by atoms with van der Waals surface area (Å²) in [6.07, 6.45) is -13.7. The Morgan fingerprint density at radius 3 is 0.872 bits per heavy atom. The van der Waals surface area contributed by atoms with Crippen molar-refractivity contribution in [1.82, 2.24) is 47.9 Å². The fourth-order valence-electron chi connectivity index (χ4n) is 11.4. The van der Waals surface area contributed by atoms with E-state index < -0.39 is 236 Å². The van der Waals surface area contributed by atoms with Crippen molar-refractivity contribution in [3.05, 3.63) is 35.5 Å². The minimum absolute atomic E-state index is 0.0166. The summed E-state index contributed by atoms with van der Waals surface area (Å²) in [6, 6.07) is -7.81. The van der Waals surface area contributed by atoms with Crippen LogP contribution in [0.5, 0.6) is 0 Å². The maximum Gasteiger partial charge on any atom is 0.407 e. The zero-order valence-corrected chi connectivity index (χ0v) is 60.3.